The zero-order valence-corrected chi connectivity index (χ0v) is 17.1. The summed E-state index contributed by atoms with van der Waals surface area (Å²) in [5, 5.41) is 6.19. The Balaban J connectivity index is 2.56. The van der Waals surface area contributed by atoms with Gasteiger partial charge in [-0.15, -0.1) is 0 Å². The third-order valence-corrected chi connectivity index (χ3v) is 4.03. The Morgan fingerprint density at radius 2 is 1.97 bits per heavy atom. The first kappa shape index (κ1) is 24.7. The predicted molar refractivity (Wildman–Crippen MR) is 110 cm³/mol. The molecule has 0 aliphatic heterocycles. The van der Waals surface area contributed by atoms with E-state index in [0.29, 0.717) is 25.1 Å². The van der Waals surface area contributed by atoms with Gasteiger partial charge in [0.05, 0.1) is 13.2 Å². The van der Waals surface area contributed by atoms with Gasteiger partial charge in [-0.1, -0.05) is 23.7 Å². The lowest BCUT2D eigenvalue weighted by atomic mass is 10.1. The SMILES string of the molecule is CCOC(=O)[C@H](Cc1ccc(OCCN=C=O)cc1)NC(=O)CCCCCN=[N+]=[N-]. The van der Waals surface area contributed by atoms with Gasteiger partial charge in [0.2, 0.25) is 12.0 Å². The average molecular weight is 417 g/mol. The minimum atomic E-state index is -0.783. The Hall–Kier alpha value is -3.35. The number of carbonyl (C=O) groups is 2. The third kappa shape index (κ3) is 10.8. The van der Waals surface area contributed by atoms with Gasteiger partial charge in [-0.2, -0.15) is 0 Å². The molecule has 0 unspecified atom stereocenters. The molecule has 1 rings (SSSR count). The van der Waals surface area contributed by atoms with Crippen LogP contribution in [0.5, 0.6) is 5.75 Å². The maximum atomic E-state index is 12.3. The average Bonchev–Trinajstić information content (AvgIpc) is 2.74. The molecule has 0 saturated heterocycles. The molecular weight excluding hydrogens is 390 g/mol. The molecule has 1 atom stereocenters. The van der Waals surface area contributed by atoms with Crippen LogP contribution < -0.4 is 10.1 Å². The number of rotatable bonds is 15. The van der Waals surface area contributed by atoms with Crippen molar-refractivity contribution in [3.63, 3.8) is 0 Å². The molecule has 0 spiro atoms. The monoisotopic (exact) mass is 417 g/mol. The second-order valence-corrected chi connectivity index (χ2v) is 6.31. The van der Waals surface area contributed by atoms with Crippen LogP contribution in [-0.2, 0) is 25.5 Å². The summed E-state index contributed by atoms with van der Waals surface area (Å²) in [6, 6.07) is 6.30. The zero-order chi connectivity index (χ0) is 22.0. The van der Waals surface area contributed by atoms with Gasteiger partial charge in [0.25, 0.3) is 0 Å². The van der Waals surface area contributed by atoms with E-state index in [2.05, 4.69) is 20.3 Å². The fourth-order valence-corrected chi connectivity index (χ4v) is 2.60. The normalized spacial score (nSPS) is 10.8. The van der Waals surface area contributed by atoms with Crippen molar-refractivity contribution in [2.24, 2.45) is 10.1 Å². The Kier molecular flexibility index (Phi) is 12.8. The van der Waals surface area contributed by atoms with Crippen LogP contribution in [0.2, 0.25) is 0 Å². The van der Waals surface area contributed by atoms with Crippen molar-refractivity contribution in [1.82, 2.24) is 5.32 Å². The lowest BCUT2D eigenvalue weighted by Crippen LogP contribution is -2.43. The first-order valence-corrected chi connectivity index (χ1v) is 9.83. The van der Waals surface area contributed by atoms with Crippen molar-refractivity contribution in [2.75, 3.05) is 26.3 Å². The summed E-state index contributed by atoms with van der Waals surface area (Å²) in [4.78, 5) is 40.6. The lowest BCUT2D eigenvalue weighted by Gasteiger charge is -2.17. The maximum Gasteiger partial charge on any atom is 0.328 e. The quantitative estimate of drug-likeness (QED) is 0.0887. The standard InChI is InChI=1S/C20H27N5O5/c1-2-29-20(28)18(24-19(27)6-4-3-5-11-23-25-21)14-16-7-9-17(10-8-16)30-13-12-22-15-26/h7-10,18H,2-6,11-14H2,1H3,(H,24,27)/t18-/m0/s1. The van der Waals surface area contributed by atoms with Crippen LogP contribution in [-0.4, -0.2) is 50.3 Å². The first-order chi connectivity index (χ1) is 14.6. The number of unbranched alkanes of at least 4 members (excludes halogenated alkanes) is 2. The van der Waals surface area contributed by atoms with Crippen molar-refractivity contribution in [2.45, 2.75) is 45.1 Å². The Morgan fingerprint density at radius 3 is 2.63 bits per heavy atom. The smallest absolute Gasteiger partial charge is 0.328 e. The number of aliphatic imine (C=N–C) groups is 1. The number of benzene rings is 1. The van der Waals surface area contributed by atoms with E-state index < -0.39 is 12.0 Å². The molecule has 0 bridgehead atoms. The van der Waals surface area contributed by atoms with Gasteiger partial charge in [0.15, 0.2) is 0 Å². The fraction of sp³-hybridized carbons (Fsp3) is 0.550. The van der Waals surface area contributed by atoms with E-state index in [1.165, 1.54) is 6.08 Å². The van der Waals surface area contributed by atoms with E-state index in [-0.39, 0.29) is 38.5 Å². The molecule has 1 aromatic carbocycles. The van der Waals surface area contributed by atoms with Gasteiger partial charge >= 0.3 is 5.97 Å². The number of isocyanates is 1. The van der Waals surface area contributed by atoms with Crippen LogP contribution >= 0.6 is 0 Å². The minimum absolute atomic E-state index is 0.223. The molecule has 0 heterocycles. The van der Waals surface area contributed by atoms with Gasteiger partial charge in [-0.05, 0) is 43.0 Å². The molecule has 1 N–H and O–H groups in total. The van der Waals surface area contributed by atoms with Crippen LogP contribution in [0.4, 0.5) is 0 Å². The molecule has 10 nitrogen and oxygen atoms in total. The van der Waals surface area contributed by atoms with Gasteiger partial charge in [-0.3, -0.25) is 4.79 Å². The maximum absolute atomic E-state index is 12.3. The number of nitrogens with one attached hydrogen (secondary N) is 1. The summed E-state index contributed by atoms with van der Waals surface area (Å²) in [6.45, 7) is 2.84. The second-order valence-electron chi connectivity index (χ2n) is 6.31. The van der Waals surface area contributed by atoms with Gasteiger partial charge in [-0.25, -0.2) is 14.6 Å². The summed E-state index contributed by atoms with van der Waals surface area (Å²) in [6.07, 6.45) is 4.13. The second kappa shape index (κ2) is 15.6. The van der Waals surface area contributed by atoms with Crippen LogP contribution in [0.3, 0.4) is 0 Å². The number of azide groups is 1. The topological polar surface area (TPSA) is 143 Å². The molecule has 30 heavy (non-hydrogen) atoms. The van der Waals surface area contributed by atoms with E-state index in [1.54, 1.807) is 31.2 Å². The number of esters is 1. The highest BCUT2D eigenvalue weighted by molar-refractivity contribution is 5.84. The molecule has 0 aliphatic rings. The van der Waals surface area contributed by atoms with Crippen molar-refractivity contribution in [3.05, 3.63) is 40.3 Å². The number of carbonyl (C=O) groups excluding carboxylic acids is 3. The Bertz CT molecular complexity index is 755. The number of hydrogen-bond donors (Lipinski definition) is 1. The van der Waals surface area contributed by atoms with Gasteiger partial charge < -0.3 is 14.8 Å². The van der Waals surface area contributed by atoms with E-state index in [1.807, 2.05) is 0 Å². The summed E-state index contributed by atoms with van der Waals surface area (Å²) in [7, 11) is 0. The van der Waals surface area contributed by atoms with Gasteiger partial charge in [0, 0.05) is 24.3 Å². The highest BCUT2D eigenvalue weighted by Crippen LogP contribution is 2.14. The molecule has 0 aromatic heterocycles. The summed E-state index contributed by atoms with van der Waals surface area (Å²) >= 11 is 0. The first-order valence-electron chi connectivity index (χ1n) is 9.83. The molecule has 0 saturated carbocycles. The minimum Gasteiger partial charge on any atom is -0.492 e. The molecule has 10 heteroatoms. The fourth-order valence-electron chi connectivity index (χ4n) is 2.60. The zero-order valence-electron chi connectivity index (χ0n) is 17.1. The van der Waals surface area contributed by atoms with Crippen molar-refractivity contribution in [1.29, 1.82) is 0 Å². The lowest BCUT2D eigenvalue weighted by molar-refractivity contribution is -0.147. The van der Waals surface area contributed by atoms with E-state index in [4.69, 9.17) is 15.0 Å². The van der Waals surface area contributed by atoms with E-state index in [0.717, 1.165) is 12.0 Å². The molecule has 1 aromatic rings. The van der Waals surface area contributed by atoms with Crippen LogP contribution in [0.15, 0.2) is 34.4 Å². The number of amides is 1. The van der Waals surface area contributed by atoms with Crippen molar-refractivity contribution < 1.29 is 23.9 Å². The van der Waals surface area contributed by atoms with E-state index >= 15 is 0 Å². The molecule has 0 fully saturated rings. The Morgan fingerprint density at radius 1 is 1.20 bits per heavy atom. The highest BCUT2D eigenvalue weighted by Gasteiger charge is 2.22. The molecule has 162 valence electrons. The highest BCUT2D eigenvalue weighted by atomic mass is 16.5. The predicted octanol–water partition coefficient (Wildman–Crippen LogP) is 2.86. The molecular formula is C20H27N5O5. The van der Waals surface area contributed by atoms with Gasteiger partial charge in [0.1, 0.15) is 18.4 Å². The molecule has 0 radical (unpaired) electrons. The summed E-state index contributed by atoms with van der Waals surface area (Å²) in [5.74, 6) is -0.105. The van der Waals surface area contributed by atoms with Crippen LogP contribution in [0.25, 0.3) is 10.4 Å². The molecule has 1 amide bonds. The number of ether oxygens (including phenoxy) is 2. The molecule has 0 aliphatic carbocycles. The third-order valence-electron chi connectivity index (χ3n) is 4.03. The van der Waals surface area contributed by atoms with E-state index in [9.17, 15) is 14.4 Å². The Labute approximate surface area is 175 Å². The summed E-state index contributed by atoms with van der Waals surface area (Å²) < 4.78 is 10.5. The van der Waals surface area contributed by atoms with Crippen molar-refractivity contribution >= 4 is 18.0 Å². The number of nitrogens with zero attached hydrogens (tertiary/aromatic N) is 4. The number of hydrogen-bond acceptors (Lipinski definition) is 7. The summed E-state index contributed by atoms with van der Waals surface area (Å²) in [5.41, 5.74) is 9.06. The van der Waals surface area contributed by atoms with Crippen LogP contribution in [0.1, 0.15) is 38.2 Å². The van der Waals surface area contributed by atoms with Crippen LogP contribution in [0, 0.1) is 0 Å². The largest absolute Gasteiger partial charge is 0.492 e. The van der Waals surface area contributed by atoms with Crippen molar-refractivity contribution in [3.8, 4) is 5.75 Å².